The summed E-state index contributed by atoms with van der Waals surface area (Å²) < 4.78 is 5.34. The van der Waals surface area contributed by atoms with Gasteiger partial charge in [-0.15, -0.1) is 5.06 Å². The van der Waals surface area contributed by atoms with E-state index in [1.54, 1.807) is 14.0 Å². The maximum atomic E-state index is 12.3. The number of hydrogen-bond donors (Lipinski definition) is 0. The van der Waals surface area contributed by atoms with Gasteiger partial charge in [0.2, 0.25) is 0 Å². The van der Waals surface area contributed by atoms with Gasteiger partial charge in [0, 0.05) is 20.0 Å². The smallest absolute Gasteiger partial charge is 0.339 e. The summed E-state index contributed by atoms with van der Waals surface area (Å²) in [5.41, 5.74) is -1.31. The topological polar surface area (TPSA) is 72.9 Å². The number of imide groups is 1. The van der Waals surface area contributed by atoms with E-state index >= 15 is 0 Å². The summed E-state index contributed by atoms with van der Waals surface area (Å²) in [5, 5.41) is 0.593. The maximum absolute atomic E-state index is 12.3. The van der Waals surface area contributed by atoms with Crippen molar-refractivity contribution in [2.75, 3.05) is 7.11 Å². The molecule has 2 amide bonds. The first-order valence-corrected chi connectivity index (χ1v) is 6.78. The molecule has 0 saturated carbocycles. The van der Waals surface area contributed by atoms with Crippen LogP contribution in [-0.4, -0.2) is 35.6 Å². The van der Waals surface area contributed by atoms with Crippen LogP contribution in [0.2, 0.25) is 0 Å². The number of ether oxygens (including phenoxy) is 1. The molecule has 0 spiro atoms. The molecule has 1 atom stereocenters. The lowest BCUT2D eigenvalue weighted by Gasteiger charge is -2.34. The van der Waals surface area contributed by atoms with Crippen LogP contribution in [0.15, 0.2) is 0 Å². The van der Waals surface area contributed by atoms with Gasteiger partial charge in [-0.25, -0.2) is 4.79 Å². The summed E-state index contributed by atoms with van der Waals surface area (Å²) in [6.45, 7) is 7.36. The molecular weight excluding hydrogens is 262 g/mol. The van der Waals surface area contributed by atoms with Crippen LogP contribution in [0.4, 0.5) is 0 Å². The fourth-order valence-corrected chi connectivity index (χ4v) is 2.20. The third-order valence-corrected chi connectivity index (χ3v) is 3.82. The van der Waals surface area contributed by atoms with E-state index in [9.17, 15) is 14.4 Å². The highest BCUT2D eigenvalue weighted by molar-refractivity contribution is 6.01. The molecule has 0 aromatic rings. The second-order valence-corrected chi connectivity index (χ2v) is 6.02. The molecule has 0 aromatic heterocycles. The molecule has 1 aliphatic heterocycles. The molecule has 1 unspecified atom stereocenters. The molecule has 0 N–H and O–H groups in total. The molecule has 1 aliphatic rings. The van der Waals surface area contributed by atoms with Gasteiger partial charge < -0.3 is 9.57 Å². The van der Waals surface area contributed by atoms with E-state index in [4.69, 9.17) is 9.57 Å². The second-order valence-electron chi connectivity index (χ2n) is 6.02. The summed E-state index contributed by atoms with van der Waals surface area (Å²) in [7, 11) is 1.58. The van der Waals surface area contributed by atoms with E-state index in [0.29, 0.717) is 17.9 Å². The molecule has 6 heteroatoms. The molecular formula is C14H23NO5. The maximum Gasteiger partial charge on any atom is 0.339 e. The monoisotopic (exact) mass is 285 g/mol. The first kappa shape index (κ1) is 16.6. The Bertz CT molecular complexity index is 402. The van der Waals surface area contributed by atoms with E-state index < -0.39 is 28.8 Å². The summed E-state index contributed by atoms with van der Waals surface area (Å²) >= 11 is 0. The molecule has 114 valence electrons. The van der Waals surface area contributed by atoms with Crippen LogP contribution >= 0.6 is 0 Å². The first-order valence-electron chi connectivity index (χ1n) is 6.78. The average molecular weight is 285 g/mol. The van der Waals surface area contributed by atoms with Crippen LogP contribution in [0.3, 0.4) is 0 Å². The zero-order valence-electron chi connectivity index (χ0n) is 12.8. The van der Waals surface area contributed by atoms with E-state index in [1.807, 2.05) is 20.8 Å². The number of carbonyl (C=O) groups excluding carboxylic acids is 3. The highest BCUT2D eigenvalue weighted by atomic mass is 16.7. The van der Waals surface area contributed by atoms with Crippen LogP contribution in [0.5, 0.6) is 0 Å². The largest absolute Gasteiger partial charge is 0.379 e. The molecule has 0 bridgehead atoms. The molecule has 0 aliphatic carbocycles. The van der Waals surface area contributed by atoms with E-state index in [-0.39, 0.29) is 12.8 Å². The number of amides is 2. The first-order chi connectivity index (χ1) is 9.15. The number of nitrogens with zero attached hydrogens (tertiary/aromatic N) is 1. The molecule has 20 heavy (non-hydrogen) atoms. The van der Waals surface area contributed by atoms with Gasteiger partial charge in [0.15, 0.2) is 0 Å². The predicted octanol–water partition coefficient (Wildman–Crippen LogP) is 1.82. The Balaban J connectivity index is 2.81. The van der Waals surface area contributed by atoms with Gasteiger partial charge in [-0.3, -0.25) is 9.59 Å². The van der Waals surface area contributed by atoms with Crippen LogP contribution in [0.25, 0.3) is 0 Å². The van der Waals surface area contributed by atoms with Crippen molar-refractivity contribution in [2.24, 2.45) is 5.41 Å². The SMILES string of the molecule is CCC(C)(CC(C)(C)OC)C(=O)ON1C(=O)CCC1=O. The van der Waals surface area contributed by atoms with Gasteiger partial charge in [0.05, 0.1) is 11.0 Å². The minimum atomic E-state index is -0.817. The van der Waals surface area contributed by atoms with Gasteiger partial charge in [-0.05, 0) is 33.6 Å². The summed E-state index contributed by atoms with van der Waals surface area (Å²) in [5.74, 6) is -1.51. The Morgan fingerprint density at radius 1 is 1.20 bits per heavy atom. The average Bonchev–Trinajstić information content (AvgIpc) is 2.69. The number of rotatable bonds is 6. The number of carbonyl (C=O) groups is 3. The van der Waals surface area contributed by atoms with Crippen LogP contribution in [0, 0.1) is 5.41 Å². The quantitative estimate of drug-likeness (QED) is 0.696. The molecule has 1 saturated heterocycles. The third-order valence-electron chi connectivity index (χ3n) is 3.82. The van der Waals surface area contributed by atoms with Crippen molar-refractivity contribution in [1.82, 2.24) is 5.06 Å². The fourth-order valence-electron chi connectivity index (χ4n) is 2.20. The number of hydroxylamine groups is 2. The Morgan fingerprint density at radius 2 is 1.70 bits per heavy atom. The zero-order valence-corrected chi connectivity index (χ0v) is 12.8. The lowest BCUT2D eigenvalue weighted by molar-refractivity contribution is -0.207. The van der Waals surface area contributed by atoms with Gasteiger partial charge in [-0.2, -0.15) is 0 Å². The molecule has 1 fully saturated rings. The van der Waals surface area contributed by atoms with Crippen molar-refractivity contribution in [3.05, 3.63) is 0 Å². The molecule has 1 rings (SSSR count). The Labute approximate surface area is 119 Å². The van der Waals surface area contributed by atoms with Crippen molar-refractivity contribution in [3.63, 3.8) is 0 Å². The summed E-state index contributed by atoms with van der Waals surface area (Å²) in [6, 6.07) is 0. The molecule has 0 aromatic carbocycles. The third kappa shape index (κ3) is 3.56. The van der Waals surface area contributed by atoms with Crippen LogP contribution in [-0.2, 0) is 24.0 Å². The standard InChI is InChI=1S/C14H23NO5/c1-6-14(4,9-13(2,3)19-5)12(18)20-15-10(16)7-8-11(15)17/h6-9H2,1-5H3. The molecule has 1 heterocycles. The second kappa shape index (κ2) is 5.91. The van der Waals surface area contributed by atoms with Gasteiger partial charge >= 0.3 is 5.97 Å². The lowest BCUT2D eigenvalue weighted by Crippen LogP contribution is -2.42. The van der Waals surface area contributed by atoms with Crippen LogP contribution < -0.4 is 0 Å². The van der Waals surface area contributed by atoms with Crippen molar-refractivity contribution < 1.29 is 24.0 Å². The van der Waals surface area contributed by atoms with Gasteiger partial charge in [0.1, 0.15) is 0 Å². The van der Waals surface area contributed by atoms with Crippen molar-refractivity contribution in [1.29, 1.82) is 0 Å². The fraction of sp³-hybridized carbons (Fsp3) is 0.786. The highest BCUT2D eigenvalue weighted by Gasteiger charge is 2.42. The zero-order chi connectivity index (χ0) is 15.6. The predicted molar refractivity (Wildman–Crippen MR) is 71.3 cm³/mol. The Morgan fingerprint density at radius 3 is 2.10 bits per heavy atom. The van der Waals surface area contributed by atoms with Crippen molar-refractivity contribution in [2.45, 2.75) is 59.0 Å². The summed E-state index contributed by atoms with van der Waals surface area (Å²) in [4.78, 5) is 40.3. The highest BCUT2D eigenvalue weighted by Crippen LogP contribution is 2.35. The van der Waals surface area contributed by atoms with E-state index in [0.717, 1.165) is 0 Å². The lowest BCUT2D eigenvalue weighted by atomic mass is 9.78. The van der Waals surface area contributed by atoms with Gasteiger partial charge in [0.25, 0.3) is 11.8 Å². The number of methoxy groups -OCH3 is 1. The number of hydrogen-bond acceptors (Lipinski definition) is 5. The minimum Gasteiger partial charge on any atom is -0.379 e. The molecule has 0 radical (unpaired) electrons. The summed E-state index contributed by atoms with van der Waals surface area (Å²) in [6.07, 6.45) is 1.15. The minimum absolute atomic E-state index is 0.0958. The molecule has 6 nitrogen and oxygen atoms in total. The van der Waals surface area contributed by atoms with Crippen LogP contribution in [0.1, 0.15) is 53.4 Å². The normalized spacial score (nSPS) is 19.1. The Kier molecular flexibility index (Phi) is 4.91. The van der Waals surface area contributed by atoms with E-state index in [2.05, 4.69) is 0 Å². The van der Waals surface area contributed by atoms with Gasteiger partial charge in [-0.1, -0.05) is 6.92 Å². The van der Waals surface area contributed by atoms with E-state index in [1.165, 1.54) is 0 Å². The Hall–Kier alpha value is -1.43. The van der Waals surface area contributed by atoms with Crippen molar-refractivity contribution >= 4 is 17.8 Å². The van der Waals surface area contributed by atoms with Crippen molar-refractivity contribution in [3.8, 4) is 0 Å².